The molecule has 2 heterocycles. The molecule has 3 amide bonds. The van der Waals surface area contributed by atoms with Crippen LogP contribution in [0.2, 0.25) is 0 Å². The lowest BCUT2D eigenvalue weighted by atomic mass is 10.1. The molecule has 2 aromatic carbocycles. The van der Waals surface area contributed by atoms with E-state index >= 15 is 0 Å². The van der Waals surface area contributed by atoms with Crippen molar-refractivity contribution in [1.82, 2.24) is 15.1 Å². The van der Waals surface area contributed by atoms with Crippen LogP contribution in [0.15, 0.2) is 60.7 Å². The molecule has 0 radical (unpaired) electrons. The number of hydrogen-bond acceptors (Lipinski definition) is 5. The van der Waals surface area contributed by atoms with Gasteiger partial charge in [0.1, 0.15) is 11.8 Å². The summed E-state index contributed by atoms with van der Waals surface area (Å²) in [6.45, 7) is 3.22. The van der Waals surface area contributed by atoms with Gasteiger partial charge in [-0.05, 0) is 24.3 Å². The lowest BCUT2D eigenvalue weighted by Crippen LogP contribution is -2.60. The van der Waals surface area contributed by atoms with Gasteiger partial charge in [0, 0.05) is 45.0 Å². The summed E-state index contributed by atoms with van der Waals surface area (Å²) in [6, 6.07) is 18.4. The number of ether oxygens (including phenoxy) is 1. The van der Waals surface area contributed by atoms with Gasteiger partial charge < -0.3 is 24.8 Å². The van der Waals surface area contributed by atoms with Gasteiger partial charge in [0.2, 0.25) is 11.8 Å². The van der Waals surface area contributed by atoms with E-state index < -0.39 is 6.04 Å². The lowest BCUT2D eigenvalue weighted by molar-refractivity contribution is -0.148. The molecule has 0 spiro atoms. The fraction of sp³-hybridized carbons (Fsp3) is 0.375. The van der Waals surface area contributed by atoms with Gasteiger partial charge in [0.05, 0.1) is 6.42 Å². The molecule has 1 unspecified atom stereocenters. The van der Waals surface area contributed by atoms with Crippen molar-refractivity contribution in [2.24, 2.45) is 0 Å². The first-order valence-electron chi connectivity index (χ1n) is 10.9. The Bertz CT molecular complexity index is 930. The number of benzene rings is 2. The summed E-state index contributed by atoms with van der Waals surface area (Å²) in [5, 5.41) is 2.77. The lowest BCUT2D eigenvalue weighted by Gasteiger charge is -2.38. The van der Waals surface area contributed by atoms with Gasteiger partial charge in [-0.25, -0.2) is 0 Å². The second kappa shape index (κ2) is 10.2. The summed E-state index contributed by atoms with van der Waals surface area (Å²) >= 11 is 0. The van der Waals surface area contributed by atoms with Gasteiger partial charge in [0.25, 0.3) is 5.91 Å². The molecular formula is C24H28N4O4. The average molecular weight is 437 g/mol. The molecule has 8 heteroatoms. The zero-order valence-corrected chi connectivity index (χ0v) is 18.0. The molecule has 32 heavy (non-hydrogen) atoms. The van der Waals surface area contributed by atoms with Gasteiger partial charge in [-0.2, -0.15) is 0 Å². The van der Waals surface area contributed by atoms with Crippen LogP contribution in [0.5, 0.6) is 5.75 Å². The monoisotopic (exact) mass is 436 g/mol. The van der Waals surface area contributed by atoms with Crippen molar-refractivity contribution in [2.75, 3.05) is 50.8 Å². The summed E-state index contributed by atoms with van der Waals surface area (Å²) in [5.74, 6) is -0.108. The summed E-state index contributed by atoms with van der Waals surface area (Å²) in [6.07, 6.45) is -0.0196. The van der Waals surface area contributed by atoms with Crippen molar-refractivity contribution < 1.29 is 19.1 Å². The highest BCUT2D eigenvalue weighted by Gasteiger charge is 2.36. The number of nitrogens with one attached hydrogen (secondary N) is 1. The number of nitrogens with zero attached hydrogens (tertiary/aromatic N) is 3. The minimum Gasteiger partial charge on any atom is -0.484 e. The van der Waals surface area contributed by atoms with Crippen molar-refractivity contribution in [1.29, 1.82) is 0 Å². The predicted molar refractivity (Wildman–Crippen MR) is 120 cm³/mol. The molecule has 1 N–H and O–H groups in total. The molecule has 8 nitrogen and oxygen atoms in total. The smallest absolute Gasteiger partial charge is 0.261 e. The van der Waals surface area contributed by atoms with Gasteiger partial charge in [0.15, 0.2) is 6.61 Å². The third kappa shape index (κ3) is 5.19. The average Bonchev–Trinajstić information content (AvgIpc) is 2.85. The van der Waals surface area contributed by atoms with E-state index in [4.69, 9.17) is 4.74 Å². The second-order valence-electron chi connectivity index (χ2n) is 7.90. The number of para-hydroxylation sites is 2. The molecule has 1 atom stereocenters. The highest BCUT2D eigenvalue weighted by Crippen LogP contribution is 2.18. The highest BCUT2D eigenvalue weighted by molar-refractivity contribution is 5.93. The molecule has 0 aliphatic carbocycles. The van der Waals surface area contributed by atoms with Crippen LogP contribution in [0, 0.1) is 0 Å². The molecule has 2 aliphatic rings. The molecular weight excluding hydrogens is 408 g/mol. The van der Waals surface area contributed by atoms with Crippen molar-refractivity contribution >= 4 is 23.4 Å². The van der Waals surface area contributed by atoms with Crippen molar-refractivity contribution in [3.05, 3.63) is 60.7 Å². The Morgan fingerprint density at radius 2 is 1.53 bits per heavy atom. The van der Waals surface area contributed by atoms with E-state index in [0.717, 1.165) is 18.8 Å². The fourth-order valence-electron chi connectivity index (χ4n) is 4.11. The Balaban J connectivity index is 1.33. The third-order valence-electron chi connectivity index (χ3n) is 5.88. The first-order chi connectivity index (χ1) is 15.6. The molecule has 0 saturated carbocycles. The number of carbonyl (C=O) groups is 3. The van der Waals surface area contributed by atoms with E-state index in [1.54, 1.807) is 17.0 Å². The molecule has 4 rings (SSSR count). The molecule has 2 saturated heterocycles. The quantitative estimate of drug-likeness (QED) is 0.734. The first-order valence-corrected chi connectivity index (χ1v) is 10.9. The van der Waals surface area contributed by atoms with E-state index in [0.29, 0.717) is 31.9 Å². The molecule has 168 valence electrons. The van der Waals surface area contributed by atoms with Gasteiger partial charge in [-0.1, -0.05) is 36.4 Å². The zero-order chi connectivity index (χ0) is 22.3. The van der Waals surface area contributed by atoms with Crippen LogP contribution in [0.25, 0.3) is 0 Å². The van der Waals surface area contributed by atoms with Crippen LogP contribution < -0.4 is 15.0 Å². The van der Waals surface area contributed by atoms with E-state index in [2.05, 4.69) is 22.3 Å². The van der Waals surface area contributed by atoms with Gasteiger partial charge in [-0.15, -0.1) is 0 Å². The standard InChI is InChI=1S/C24H28N4O4/c29-22(27-15-13-26(14-16-27)19-7-3-1-4-8-19)17-21-24(31)25-11-12-28(21)23(30)18-32-20-9-5-2-6-10-20/h1-10,21H,11-18H2,(H,25,31). The first kappa shape index (κ1) is 21.7. The van der Waals surface area contributed by atoms with E-state index in [1.807, 2.05) is 36.4 Å². The number of rotatable bonds is 6. The second-order valence-corrected chi connectivity index (χ2v) is 7.90. The molecule has 0 bridgehead atoms. The number of anilines is 1. The summed E-state index contributed by atoms with van der Waals surface area (Å²) in [4.78, 5) is 43.7. The molecule has 0 aromatic heterocycles. The number of hydrogen-bond donors (Lipinski definition) is 1. The van der Waals surface area contributed by atoms with Crippen LogP contribution in [0.1, 0.15) is 6.42 Å². The third-order valence-corrected chi connectivity index (χ3v) is 5.88. The predicted octanol–water partition coefficient (Wildman–Crippen LogP) is 1.13. The summed E-state index contributed by atoms with van der Waals surface area (Å²) in [5.41, 5.74) is 1.14. The SMILES string of the molecule is O=C1NCCN(C(=O)COc2ccccc2)C1CC(=O)N1CCN(c2ccccc2)CC1. The zero-order valence-electron chi connectivity index (χ0n) is 18.0. The maximum absolute atomic E-state index is 13.0. The van der Waals surface area contributed by atoms with Crippen LogP contribution in [0.3, 0.4) is 0 Å². The molecule has 2 aromatic rings. The maximum Gasteiger partial charge on any atom is 0.261 e. The Morgan fingerprint density at radius 1 is 0.875 bits per heavy atom. The number of carbonyl (C=O) groups excluding carboxylic acids is 3. The normalized spacial score (nSPS) is 18.8. The fourth-order valence-corrected chi connectivity index (χ4v) is 4.11. The van der Waals surface area contributed by atoms with Crippen LogP contribution in [0.4, 0.5) is 5.69 Å². The van der Waals surface area contributed by atoms with Gasteiger partial charge >= 0.3 is 0 Å². The van der Waals surface area contributed by atoms with Crippen LogP contribution in [-0.2, 0) is 14.4 Å². The number of amides is 3. The van der Waals surface area contributed by atoms with Crippen molar-refractivity contribution in [3.8, 4) is 5.75 Å². The molecule has 2 fully saturated rings. The van der Waals surface area contributed by atoms with E-state index in [-0.39, 0.29) is 30.7 Å². The Morgan fingerprint density at radius 3 is 2.22 bits per heavy atom. The van der Waals surface area contributed by atoms with Gasteiger partial charge in [-0.3, -0.25) is 14.4 Å². The summed E-state index contributed by atoms with van der Waals surface area (Å²) in [7, 11) is 0. The van der Waals surface area contributed by atoms with E-state index in [9.17, 15) is 14.4 Å². The Kier molecular flexibility index (Phi) is 6.89. The minimum absolute atomic E-state index is 0.0196. The van der Waals surface area contributed by atoms with Crippen LogP contribution in [-0.4, -0.2) is 79.4 Å². The number of piperazine rings is 2. The highest BCUT2D eigenvalue weighted by atomic mass is 16.5. The molecule has 2 aliphatic heterocycles. The maximum atomic E-state index is 13.0. The van der Waals surface area contributed by atoms with Crippen molar-refractivity contribution in [2.45, 2.75) is 12.5 Å². The summed E-state index contributed by atoms with van der Waals surface area (Å²) < 4.78 is 5.56. The van der Waals surface area contributed by atoms with Crippen LogP contribution >= 0.6 is 0 Å². The Labute approximate surface area is 187 Å². The minimum atomic E-state index is -0.810. The van der Waals surface area contributed by atoms with E-state index in [1.165, 1.54) is 4.90 Å². The largest absolute Gasteiger partial charge is 0.484 e. The van der Waals surface area contributed by atoms with Crippen molar-refractivity contribution in [3.63, 3.8) is 0 Å². The topological polar surface area (TPSA) is 82.2 Å². The Hall–Kier alpha value is -3.55.